The van der Waals surface area contributed by atoms with E-state index in [1.165, 1.54) is 0 Å². The Balaban J connectivity index is 4.81. The Morgan fingerprint density at radius 3 is 2.00 bits per heavy atom. The van der Waals surface area contributed by atoms with E-state index in [1.807, 2.05) is 5.32 Å². The molecule has 0 rings (SSSR count). The van der Waals surface area contributed by atoms with Gasteiger partial charge in [-0.2, -0.15) is 0 Å². The number of carbonyl (C=O) groups excluding carboxylic acids is 4. The number of carboxylic acid groups (broad SMARTS) is 2. The van der Waals surface area contributed by atoms with Crippen LogP contribution in [0.3, 0.4) is 0 Å². The van der Waals surface area contributed by atoms with Crippen molar-refractivity contribution in [2.24, 2.45) is 17.2 Å². The van der Waals surface area contributed by atoms with Gasteiger partial charge in [0, 0.05) is 0 Å². The highest BCUT2D eigenvalue weighted by molar-refractivity contribution is 5.95. The van der Waals surface area contributed by atoms with Crippen LogP contribution in [0.5, 0.6) is 0 Å². The largest absolute Gasteiger partial charge is 0.481 e. The van der Waals surface area contributed by atoms with Gasteiger partial charge in [0.15, 0.2) is 0 Å². The number of carbonyl (C=O) groups is 6. The Morgan fingerprint density at radius 1 is 0.867 bits per heavy atom. The molecular weight excluding hydrogens is 404 g/mol. The molecule has 3 atom stereocenters. The highest BCUT2D eigenvalue weighted by Crippen LogP contribution is 2.00. The van der Waals surface area contributed by atoms with Gasteiger partial charge in [0.05, 0.1) is 25.4 Å². The number of carboxylic acids is 2. The van der Waals surface area contributed by atoms with Crippen LogP contribution in [0, 0.1) is 0 Å². The van der Waals surface area contributed by atoms with Crippen molar-refractivity contribution < 1.29 is 39.0 Å². The van der Waals surface area contributed by atoms with Crippen LogP contribution in [-0.4, -0.2) is 77.0 Å². The molecule has 0 saturated heterocycles. The molecule has 0 aromatic heterocycles. The van der Waals surface area contributed by atoms with Gasteiger partial charge in [-0.05, 0) is 19.4 Å². The number of amides is 4. The second kappa shape index (κ2) is 13.8. The number of aliphatic carboxylic acids is 2. The maximum Gasteiger partial charge on any atom is 0.326 e. The van der Waals surface area contributed by atoms with Crippen molar-refractivity contribution in [1.29, 1.82) is 0 Å². The summed E-state index contributed by atoms with van der Waals surface area (Å²) in [6.45, 7) is -0.297. The van der Waals surface area contributed by atoms with E-state index in [9.17, 15) is 28.8 Å². The summed E-state index contributed by atoms with van der Waals surface area (Å²) in [5.41, 5.74) is 16.1. The van der Waals surface area contributed by atoms with E-state index in [2.05, 4.69) is 10.6 Å². The summed E-state index contributed by atoms with van der Waals surface area (Å²) in [6, 6.07) is -4.05. The minimum absolute atomic E-state index is 0.302. The Kier molecular flexibility index (Phi) is 12.3. The van der Waals surface area contributed by atoms with Crippen LogP contribution in [0.15, 0.2) is 0 Å². The molecule has 14 heteroatoms. The minimum atomic E-state index is -1.69. The Morgan fingerprint density at radius 2 is 1.50 bits per heavy atom. The van der Waals surface area contributed by atoms with Gasteiger partial charge in [0.1, 0.15) is 12.1 Å². The summed E-state index contributed by atoms with van der Waals surface area (Å²) in [7, 11) is 0. The third kappa shape index (κ3) is 11.6. The van der Waals surface area contributed by atoms with Crippen molar-refractivity contribution >= 4 is 35.6 Å². The first-order chi connectivity index (χ1) is 14.0. The van der Waals surface area contributed by atoms with Crippen molar-refractivity contribution in [3.63, 3.8) is 0 Å². The lowest BCUT2D eigenvalue weighted by Gasteiger charge is -2.20. The van der Waals surface area contributed by atoms with Crippen LogP contribution in [0.25, 0.3) is 0 Å². The summed E-state index contributed by atoms with van der Waals surface area (Å²) in [5.74, 6) is -6.54. The molecule has 0 aliphatic carbocycles. The zero-order valence-electron chi connectivity index (χ0n) is 16.3. The first kappa shape index (κ1) is 26.7. The monoisotopic (exact) mass is 432 g/mol. The smallest absolute Gasteiger partial charge is 0.326 e. The summed E-state index contributed by atoms with van der Waals surface area (Å²) in [5, 5.41) is 23.8. The number of nitrogens with one attached hydrogen (secondary N) is 3. The van der Waals surface area contributed by atoms with E-state index in [-0.39, 0.29) is 0 Å². The van der Waals surface area contributed by atoms with Crippen molar-refractivity contribution in [2.75, 3.05) is 13.1 Å². The van der Waals surface area contributed by atoms with Crippen LogP contribution < -0.4 is 33.2 Å². The average Bonchev–Trinajstić information content (AvgIpc) is 2.64. The van der Waals surface area contributed by atoms with Gasteiger partial charge in [-0.3, -0.25) is 24.0 Å². The Labute approximate surface area is 171 Å². The molecule has 0 saturated carbocycles. The molecule has 0 heterocycles. The molecule has 30 heavy (non-hydrogen) atoms. The fourth-order valence-electron chi connectivity index (χ4n) is 2.24. The predicted octanol–water partition coefficient (Wildman–Crippen LogP) is -4.04. The van der Waals surface area contributed by atoms with Crippen LogP contribution in [0.4, 0.5) is 0 Å². The van der Waals surface area contributed by atoms with Gasteiger partial charge in [0.25, 0.3) is 0 Å². The van der Waals surface area contributed by atoms with Crippen LogP contribution >= 0.6 is 0 Å². The normalized spacial score (nSPS) is 13.4. The summed E-state index contributed by atoms with van der Waals surface area (Å²) in [4.78, 5) is 68.8. The van der Waals surface area contributed by atoms with E-state index in [0.717, 1.165) is 0 Å². The lowest BCUT2D eigenvalue weighted by atomic mass is 10.1. The average molecular weight is 432 g/mol. The summed E-state index contributed by atoms with van der Waals surface area (Å²) >= 11 is 0. The lowest BCUT2D eigenvalue weighted by Crippen LogP contribution is -2.54. The van der Waals surface area contributed by atoms with Gasteiger partial charge >= 0.3 is 11.9 Å². The summed E-state index contributed by atoms with van der Waals surface area (Å²) < 4.78 is 0. The van der Waals surface area contributed by atoms with E-state index in [0.29, 0.717) is 25.8 Å². The van der Waals surface area contributed by atoms with Crippen LogP contribution in [0.1, 0.15) is 32.1 Å². The number of primary amides is 1. The SMILES string of the molecule is NCCCCC(N)C(=O)NC(CC(N)=O)C(=O)NCC(=O)NC(CC(=O)O)C(=O)O. The lowest BCUT2D eigenvalue weighted by molar-refractivity contribution is -0.147. The number of hydrogen-bond acceptors (Lipinski definition) is 8. The fraction of sp³-hybridized carbons (Fsp3) is 0.625. The zero-order valence-corrected chi connectivity index (χ0v) is 16.3. The van der Waals surface area contributed by atoms with E-state index < -0.39 is 73.1 Å². The number of hydrogen-bond donors (Lipinski definition) is 8. The molecule has 0 aromatic carbocycles. The van der Waals surface area contributed by atoms with Crippen LogP contribution in [-0.2, 0) is 28.8 Å². The van der Waals surface area contributed by atoms with E-state index in [4.69, 9.17) is 27.4 Å². The van der Waals surface area contributed by atoms with E-state index in [1.54, 1.807) is 0 Å². The molecule has 0 aliphatic heterocycles. The minimum Gasteiger partial charge on any atom is -0.481 e. The molecule has 0 fully saturated rings. The fourth-order valence-corrected chi connectivity index (χ4v) is 2.24. The van der Waals surface area contributed by atoms with Gasteiger partial charge in [0.2, 0.25) is 23.6 Å². The summed E-state index contributed by atoms with van der Waals surface area (Å²) in [6.07, 6.45) is 0.110. The second-order valence-corrected chi connectivity index (χ2v) is 6.40. The molecule has 0 bridgehead atoms. The molecule has 11 N–H and O–H groups in total. The van der Waals surface area contributed by atoms with Gasteiger partial charge in [-0.15, -0.1) is 0 Å². The quantitative estimate of drug-likeness (QED) is 0.116. The highest BCUT2D eigenvalue weighted by Gasteiger charge is 2.27. The van der Waals surface area contributed by atoms with Crippen molar-refractivity contribution in [3.05, 3.63) is 0 Å². The molecular formula is C16H28N6O8. The van der Waals surface area contributed by atoms with E-state index >= 15 is 0 Å². The number of rotatable bonds is 15. The Bertz CT molecular complexity index is 656. The molecule has 14 nitrogen and oxygen atoms in total. The maximum atomic E-state index is 12.2. The molecule has 3 unspecified atom stereocenters. The van der Waals surface area contributed by atoms with Gasteiger partial charge < -0.3 is 43.4 Å². The third-order valence-electron chi connectivity index (χ3n) is 3.78. The first-order valence-corrected chi connectivity index (χ1v) is 9.03. The van der Waals surface area contributed by atoms with Gasteiger partial charge in [-0.25, -0.2) is 4.79 Å². The first-order valence-electron chi connectivity index (χ1n) is 9.03. The highest BCUT2D eigenvalue weighted by atomic mass is 16.4. The number of nitrogens with two attached hydrogens (primary N) is 3. The molecule has 170 valence electrons. The predicted molar refractivity (Wildman–Crippen MR) is 101 cm³/mol. The second-order valence-electron chi connectivity index (χ2n) is 6.40. The topological polar surface area (TPSA) is 257 Å². The zero-order chi connectivity index (χ0) is 23.3. The standard InChI is InChI=1S/C16H28N6O8/c17-4-2-1-3-8(18)14(27)22-9(5-11(19)23)15(28)20-7-12(24)21-10(16(29)30)6-13(25)26/h8-10H,1-7,17-18H2,(H2,19,23)(H,20,28)(H,21,24)(H,22,27)(H,25,26)(H,29,30). The Hall–Kier alpha value is -3.26. The molecule has 4 amide bonds. The van der Waals surface area contributed by atoms with Crippen molar-refractivity contribution in [2.45, 2.75) is 50.2 Å². The maximum absolute atomic E-state index is 12.2. The van der Waals surface area contributed by atoms with Gasteiger partial charge in [-0.1, -0.05) is 6.42 Å². The van der Waals surface area contributed by atoms with Crippen molar-refractivity contribution in [3.8, 4) is 0 Å². The molecule has 0 spiro atoms. The number of unbranched alkanes of at least 4 members (excludes halogenated alkanes) is 1. The molecule has 0 aromatic rings. The van der Waals surface area contributed by atoms with Crippen molar-refractivity contribution in [1.82, 2.24) is 16.0 Å². The third-order valence-corrected chi connectivity index (χ3v) is 3.78. The molecule has 0 aliphatic rings. The molecule has 0 radical (unpaired) electrons. The van der Waals surface area contributed by atoms with Crippen LogP contribution in [0.2, 0.25) is 0 Å².